The number of carbonyl (C=O) groups excluding carboxylic acids is 1. The normalized spacial score (nSPS) is 11.0. The summed E-state index contributed by atoms with van der Waals surface area (Å²) < 4.78 is 31.4. The number of carbonyl (C=O) groups is 1. The lowest BCUT2D eigenvalue weighted by atomic mass is 10.2. The van der Waals surface area contributed by atoms with Crippen LogP contribution >= 0.6 is 0 Å². The Hall–Kier alpha value is -2.94. The van der Waals surface area contributed by atoms with E-state index in [9.17, 15) is 13.6 Å². The van der Waals surface area contributed by atoms with Crippen molar-refractivity contribution >= 4 is 17.7 Å². The molecule has 0 unspecified atom stereocenters. The molecule has 0 aliphatic rings. The molecule has 0 radical (unpaired) electrons. The molecule has 21 heavy (non-hydrogen) atoms. The van der Waals surface area contributed by atoms with Gasteiger partial charge in [-0.05, 0) is 31.2 Å². The average Bonchev–Trinajstić information content (AvgIpc) is 2.84. The molecule has 0 fully saturated rings. The van der Waals surface area contributed by atoms with Gasteiger partial charge in [-0.3, -0.25) is 4.79 Å². The summed E-state index contributed by atoms with van der Waals surface area (Å²) in [5.74, 6) is -1.53. The van der Waals surface area contributed by atoms with Gasteiger partial charge in [0, 0.05) is 12.1 Å². The summed E-state index contributed by atoms with van der Waals surface area (Å²) in [6.45, 7) is 1.72. The van der Waals surface area contributed by atoms with E-state index in [0.717, 1.165) is 12.1 Å². The Balaban J connectivity index is 2.21. The van der Waals surface area contributed by atoms with Gasteiger partial charge in [-0.2, -0.15) is 5.26 Å². The number of furan rings is 1. The van der Waals surface area contributed by atoms with Crippen LogP contribution in [0.5, 0.6) is 0 Å². The molecule has 106 valence electrons. The quantitative estimate of drug-likeness (QED) is 0.695. The van der Waals surface area contributed by atoms with Gasteiger partial charge in [-0.25, -0.2) is 8.78 Å². The van der Waals surface area contributed by atoms with Crippen molar-refractivity contribution < 1.29 is 18.0 Å². The number of aryl methyl sites for hydroxylation is 1. The lowest BCUT2D eigenvalue weighted by Gasteiger charge is -2.05. The van der Waals surface area contributed by atoms with E-state index in [1.54, 1.807) is 25.1 Å². The second kappa shape index (κ2) is 6.01. The molecule has 0 aliphatic heterocycles. The first-order chi connectivity index (χ1) is 9.99. The highest BCUT2D eigenvalue weighted by molar-refractivity contribution is 6.09. The summed E-state index contributed by atoms with van der Waals surface area (Å²) in [6.07, 6.45) is 1.24. The summed E-state index contributed by atoms with van der Waals surface area (Å²) in [5, 5.41) is 11.2. The van der Waals surface area contributed by atoms with E-state index in [4.69, 9.17) is 9.68 Å². The molecule has 1 heterocycles. The fourth-order valence-corrected chi connectivity index (χ4v) is 1.60. The number of nitrogens with zero attached hydrogens (tertiary/aromatic N) is 1. The van der Waals surface area contributed by atoms with E-state index in [1.165, 1.54) is 6.08 Å². The minimum absolute atomic E-state index is 0.210. The number of hydrogen-bond donors (Lipinski definition) is 1. The second-order valence-electron chi connectivity index (χ2n) is 4.20. The van der Waals surface area contributed by atoms with Crippen LogP contribution in [0.4, 0.5) is 14.5 Å². The maximum absolute atomic E-state index is 13.4. The Morgan fingerprint density at radius 1 is 1.33 bits per heavy atom. The zero-order valence-corrected chi connectivity index (χ0v) is 11.0. The molecule has 1 N–H and O–H groups in total. The van der Waals surface area contributed by atoms with Gasteiger partial charge >= 0.3 is 0 Å². The largest absolute Gasteiger partial charge is 0.462 e. The van der Waals surface area contributed by atoms with Crippen molar-refractivity contribution in [1.29, 1.82) is 5.26 Å². The van der Waals surface area contributed by atoms with Crippen molar-refractivity contribution in [3.63, 3.8) is 0 Å². The number of benzene rings is 1. The summed E-state index contributed by atoms with van der Waals surface area (Å²) in [5.41, 5.74) is -0.466. The van der Waals surface area contributed by atoms with Crippen molar-refractivity contribution in [3.8, 4) is 6.07 Å². The molecule has 1 aromatic carbocycles. The standard InChI is InChI=1S/C15H10F2N2O2/c1-9-2-4-12(21-9)6-10(8-18)15(20)19-14-5-3-11(16)7-13(14)17/h2-7H,1H3,(H,19,20)/b10-6+. The minimum Gasteiger partial charge on any atom is -0.462 e. The van der Waals surface area contributed by atoms with Crippen molar-refractivity contribution in [2.75, 3.05) is 5.32 Å². The molecular formula is C15H10F2N2O2. The van der Waals surface area contributed by atoms with Crippen LogP contribution in [-0.4, -0.2) is 5.91 Å². The fraction of sp³-hybridized carbons (Fsp3) is 0.0667. The maximum atomic E-state index is 13.4. The summed E-state index contributed by atoms with van der Waals surface area (Å²) in [4.78, 5) is 11.9. The van der Waals surface area contributed by atoms with E-state index >= 15 is 0 Å². The molecule has 0 aliphatic carbocycles. The third-order valence-electron chi connectivity index (χ3n) is 2.59. The number of nitrogens with one attached hydrogen (secondary N) is 1. The van der Waals surface area contributed by atoms with Gasteiger partial charge in [0.2, 0.25) is 0 Å². The third-order valence-corrected chi connectivity index (χ3v) is 2.59. The fourth-order valence-electron chi connectivity index (χ4n) is 1.60. The van der Waals surface area contributed by atoms with E-state index in [0.29, 0.717) is 17.6 Å². The van der Waals surface area contributed by atoms with Crippen LogP contribution < -0.4 is 5.32 Å². The summed E-state index contributed by atoms with van der Waals surface area (Å²) in [7, 11) is 0. The van der Waals surface area contributed by atoms with Gasteiger partial charge < -0.3 is 9.73 Å². The van der Waals surface area contributed by atoms with Crippen LogP contribution in [0, 0.1) is 29.9 Å². The van der Waals surface area contributed by atoms with Crippen molar-refractivity contribution in [3.05, 3.63) is 59.1 Å². The molecule has 0 bridgehead atoms. The molecular weight excluding hydrogens is 278 g/mol. The summed E-state index contributed by atoms with van der Waals surface area (Å²) >= 11 is 0. The van der Waals surface area contributed by atoms with E-state index in [-0.39, 0.29) is 11.3 Å². The Bertz CT molecular complexity index is 757. The number of nitriles is 1. The topological polar surface area (TPSA) is 66.0 Å². The first-order valence-electron chi connectivity index (χ1n) is 5.94. The van der Waals surface area contributed by atoms with Gasteiger partial charge in [-0.1, -0.05) is 0 Å². The molecule has 4 nitrogen and oxygen atoms in total. The van der Waals surface area contributed by atoms with E-state index in [2.05, 4.69) is 5.32 Å². The van der Waals surface area contributed by atoms with E-state index < -0.39 is 17.5 Å². The average molecular weight is 288 g/mol. The Morgan fingerprint density at radius 3 is 2.67 bits per heavy atom. The van der Waals surface area contributed by atoms with Gasteiger partial charge in [0.05, 0.1) is 5.69 Å². The second-order valence-corrected chi connectivity index (χ2v) is 4.20. The van der Waals surface area contributed by atoms with E-state index in [1.807, 2.05) is 0 Å². The predicted molar refractivity (Wildman–Crippen MR) is 72.0 cm³/mol. The molecule has 2 aromatic rings. The van der Waals surface area contributed by atoms with Crippen LogP contribution in [0.15, 0.2) is 40.3 Å². The Labute approximate surface area is 119 Å². The van der Waals surface area contributed by atoms with Crippen LogP contribution in [0.25, 0.3) is 6.08 Å². The minimum atomic E-state index is -0.922. The van der Waals surface area contributed by atoms with Gasteiger partial charge in [0.1, 0.15) is 34.8 Å². The third kappa shape index (κ3) is 3.54. The van der Waals surface area contributed by atoms with Gasteiger partial charge in [0.25, 0.3) is 5.91 Å². The number of halogens is 2. The summed E-state index contributed by atoms with van der Waals surface area (Å²) in [6, 6.07) is 7.70. The molecule has 0 atom stereocenters. The maximum Gasteiger partial charge on any atom is 0.266 e. The van der Waals surface area contributed by atoms with Crippen LogP contribution in [-0.2, 0) is 4.79 Å². The molecule has 1 aromatic heterocycles. The van der Waals surface area contributed by atoms with Gasteiger partial charge in [-0.15, -0.1) is 0 Å². The first-order valence-corrected chi connectivity index (χ1v) is 5.94. The Morgan fingerprint density at radius 2 is 2.10 bits per heavy atom. The monoisotopic (exact) mass is 288 g/mol. The lowest BCUT2D eigenvalue weighted by Crippen LogP contribution is -2.14. The Kier molecular flexibility index (Phi) is 4.14. The van der Waals surface area contributed by atoms with Crippen molar-refractivity contribution in [2.24, 2.45) is 0 Å². The zero-order chi connectivity index (χ0) is 15.4. The smallest absolute Gasteiger partial charge is 0.266 e. The van der Waals surface area contributed by atoms with Crippen LogP contribution in [0.2, 0.25) is 0 Å². The number of amides is 1. The molecule has 1 amide bonds. The molecule has 0 saturated heterocycles. The molecule has 6 heteroatoms. The number of rotatable bonds is 3. The van der Waals surface area contributed by atoms with Crippen molar-refractivity contribution in [1.82, 2.24) is 0 Å². The van der Waals surface area contributed by atoms with Gasteiger partial charge in [0.15, 0.2) is 0 Å². The molecule has 0 spiro atoms. The number of hydrogen-bond acceptors (Lipinski definition) is 3. The highest BCUT2D eigenvalue weighted by Gasteiger charge is 2.13. The first kappa shape index (κ1) is 14.5. The lowest BCUT2D eigenvalue weighted by molar-refractivity contribution is -0.112. The molecule has 0 saturated carbocycles. The van der Waals surface area contributed by atoms with Crippen LogP contribution in [0.3, 0.4) is 0 Å². The molecule has 2 rings (SSSR count). The van der Waals surface area contributed by atoms with Crippen LogP contribution in [0.1, 0.15) is 11.5 Å². The zero-order valence-electron chi connectivity index (χ0n) is 11.0. The SMILES string of the molecule is Cc1ccc(/C=C(\C#N)C(=O)Nc2ccc(F)cc2F)o1. The highest BCUT2D eigenvalue weighted by Crippen LogP contribution is 2.17. The number of anilines is 1. The highest BCUT2D eigenvalue weighted by atomic mass is 19.1. The van der Waals surface area contributed by atoms with Crippen molar-refractivity contribution in [2.45, 2.75) is 6.92 Å². The predicted octanol–water partition coefficient (Wildman–Crippen LogP) is 3.41.